The molecule has 15 heavy (non-hydrogen) atoms. The first kappa shape index (κ1) is 11.9. The maximum absolute atomic E-state index is 10.7. The molecule has 1 heterocycles. The summed E-state index contributed by atoms with van der Waals surface area (Å²) in [4.78, 5) is 10.7. The van der Waals surface area contributed by atoms with Crippen LogP contribution in [0.2, 0.25) is 0 Å². The molecule has 0 saturated heterocycles. The molecule has 1 aromatic rings. The minimum atomic E-state index is -1.07. The fraction of sp³-hybridized carbons (Fsp3) is 0.444. The van der Waals surface area contributed by atoms with Crippen molar-refractivity contribution in [3.8, 4) is 0 Å². The Morgan fingerprint density at radius 3 is 3.00 bits per heavy atom. The van der Waals surface area contributed by atoms with E-state index in [2.05, 4.69) is 5.32 Å². The molecule has 0 radical (unpaired) electrons. The van der Waals surface area contributed by atoms with Crippen LogP contribution in [0.15, 0.2) is 16.7 Å². The summed E-state index contributed by atoms with van der Waals surface area (Å²) in [6.07, 6.45) is 2.97. The van der Waals surface area contributed by atoms with Crippen molar-refractivity contribution in [1.29, 1.82) is 0 Å². The molecule has 0 aliphatic carbocycles. The van der Waals surface area contributed by atoms with Gasteiger partial charge in [-0.25, -0.2) is 4.79 Å². The molecule has 0 saturated carbocycles. The molecule has 0 amide bonds. The monoisotopic (exact) mass is 231 g/mol. The van der Waals surface area contributed by atoms with Crippen molar-refractivity contribution < 1.29 is 18.5 Å². The van der Waals surface area contributed by atoms with E-state index < -0.39 is 16.8 Å². The number of furan rings is 1. The number of rotatable bonds is 6. The van der Waals surface area contributed by atoms with Gasteiger partial charge >= 0.3 is 5.97 Å². The summed E-state index contributed by atoms with van der Waals surface area (Å²) in [7, 11) is -0.830. The molecule has 84 valence electrons. The first-order valence-electron chi connectivity index (χ1n) is 4.41. The van der Waals surface area contributed by atoms with Crippen LogP contribution in [0, 0.1) is 0 Å². The van der Waals surface area contributed by atoms with Crippen molar-refractivity contribution in [3.63, 3.8) is 0 Å². The van der Waals surface area contributed by atoms with Crippen LogP contribution in [0.4, 0.5) is 0 Å². The SMILES string of the molecule is CS(=O)CCNCc1ccoc1C(=O)O. The summed E-state index contributed by atoms with van der Waals surface area (Å²) in [6, 6.07) is 1.61. The number of aromatic carboxylic acids is 1. The Balaban J connectivity index is 2.40. The molecule has 0 aliphatic rings. The average molecular weight is 231 g/mol. The van der Waals surface area contributed by atoms with E-state index in [1.54, 1.807) is 12.3 Å². The van der Waals surface area contributed by atoms with E-state index >= 15 is 0 Å². The van der Waals surface area contributed by atoms with Gasteiger partial charge in [0.05, 0.1) is 6.26 Å². The molecular weight excluding hydrogens is 218 g/mol. The Labute approximate surface area is 89.9 Å². The van der Waals surface area contributed by atoms with Crippen LogP contribution in [0.5, 0.6) is 0 Å². The molecule has 1 rings (SSSR count). The highest BCUT2D eigenvalue weighted by Gasteiger charge is 2.12. The van der Waals surface area contributed by atoms with E-state index in [0.29, 0.717) is 24.4 Å². The lowest BCUT2D eigenvalue weighted by molar-refractivity contribution is 0.0660. The first-order valence-corrected chi connectivity index (χ1v) is 6.14. The van der Waals surface area contributed by atoms with Crippen molar-refractivity contribution in [1.82, 2.24) is 5.32 Å². The number of carboxylic acids is 1. The molecule has 6 heteroatoms. The second-order valence-corrected chi connectivity index (χ2v) is 4.59. The second kappa shape index (κ2) is 5.67. The molecule has 1 aromatic heterocycles. The number of hydrogen-bond acceptors (Lipinski definition) is 4. The van der Waals surface area contributed by atoms with Crippen LogP contribution >= 0.6 is 0 Å². The fourth-order valence-corrected chi connectivity index (χ4v) is 1.53. The van der Waals surface area contributed by atoms with Crippen LogP contribution in [0.1, 0.15) is 16.1 Å². The number of carbonyl (C=O) groups is 1. The van der Waals surface area contributed by atoms with Crippen molar-refractivity contribution >= 4 is 16.8 Å². The van der Waals surface area contributed by atoms with Gasteiger partial charge in [0.1, 0.15) is 0 Å². The van der Waals surface area contributed by atoms with E-state index in [1.165, 1.54) is 6.26 Å². The Kier molecular flexibility index (Phi) is 4.51. The minimum absolute atomic E-state index is 0.0416. The van der Waals surface area contributed by atoms with E-state index in [1.807, 2.05) is 0 Å². The Morgan fingerprint density at radius 1 is 1.67 bits per heavy atom. The van der Waals surface area contributed by atoms with Crippen molar-refractivity contribution in [3.05, 3.63) is 23.7 Å². The molecule has 2 N–H and O–H groups in total. The van der Waals surface area contributed by atoms with Crippen molar-refractivity contribution in [2.75, 3.05) is 18.6 Å². The van der Waals surface area contributed by atoms with Gasteiger partial charge in [-0.1, -0.05) is 0 Å². The van der Waals surface area contributed by atoms with E-state index in [-0.39, 0.29) is 5.76 Å². The third-order valence-electron chi connectivity index (χ3n) is 1.82. The zero-order valence-electron chi connectivity index (χ0n) is 8.36. The second-order valence-electron chi connectivity index (χ2n) is 3.03. The van der Waals surface area contributed by atoms with E-state index in [0.717, 1.165) is 0 Å². The predicted molar refractivity (Wildman–Crippen MR) is 56.3 cm³/mol. The predicted octanol–water partition coefficient (Wildman–Crippen LogP) is 0.446. The highest BCUT2D eigenvalue weighted by molar-refractivity contribution is 7.84. The lowest BCUT2D eigenvalue weighted by atomic mass is 10.2. The minimum Gasteiger partial charge on any atom is -0.475 e. The molecule has 1 atom stereocenters. The van der Waals surface area contributed by atoms with Crippen LogP contribution in [0.3, 0.4) is 0 Å². The van der Waals surface area contributed by atoms with E-state index in [9.17, 15) is 9.00 Å². The van der Waals surface area contributed by atoms with Crippen molar-refractivity contribution in [2.45, 2.75) is 6.54 Å². The first-order chi connectivity index (χ1) is 7.11. The third-order valence-corrected chi connectivity index (χ3v) is 2.60. The number of nitrogens with one attached hydrogen (secondary N) is 1. The topological polar surface area (TPSA) is 79.5 Å². The summed E-state index contributed by atoms with van der Waals surface area (Å²) >= 11 is 0. The van der Waals surface area contributed by atoms with Gasteiger partial charge in [0.15, 0.2) is 0 Å². The van der Waals surface area contributed by atoms with Gasteiger partial charge in [-0.15, -0.1) is 0 Å². The normalized spacial score (nSPS) is 12.6. The van der Waals surface area contributed by atoms with Gasteiger partial charge in [-0.05, 0) is 6.07 Å². The zero-order valence-corrected chi connectivity index (χ0v) is 9.17. The smallest absolute Gasteiger partial charge is 0.372 e. The zero-order chi connectivity index (χ0) is 11.3. The van der Waals surface area contributed by atoms with Gasteiger partial charge in [0.2, 0.25) is 5.76 Å². The maximum atomic E-state index is 10.7. The van der Waals surface area contributed by atoms with Crippen molar-refractivity contribution in [2.24, 2.45) is 0 Å². The molecule has 5 nitrogen and oxygen atoms in total. The molecule has 0 bridgehead atoms. The van der Waals surface area contributed by atoms with E-state index in [4.69, 9.17) is 9.52 Å². The molecule has 0 fully saturated rings. The lowest BCUT2D eigenvalue weighted by Crippen LogP contribution is -2.20. The van der Waals surface area contributed by atoms with Gasteiger partial charge < -0.3 is 14.8 Å². The lowest BCUT2D eigenvalue weighted by Gasteiger charge is -2.01. The van der Waals surface area contributed by atoms with Crippen LogP contribution in [-0.2, 0) is 17.3 Å². The van der Waals surface area contributed by atoms with Crippen LogP contribution in [-0.4, -0.2) is 33.8 Å². The Bertz CT molecular complexity index is 361. The van der Waals surface area contributed by atoms with Gasteiger partial charge in [-0.3, -0.25) is 4.21 Å². The van der Waals surface area contributed by atoms with Gasteiger partial charge in [-0.2, -0.15) is 0 Å². The molecular formula is C9H13NO4S. The summed E-state index contributed by atoms with van der Waals surface area (Å²) in [5.41, 5.74) is 0.601. The standard InChI is InChI=1S/C9H13NO4S/c1-15(13)5-3-10-6-7-2-4-14-8(7)9(11)12/h2,4,10H,3,5-6H2,1H3,(H,11,12). The largest absolute Gasteiger partial charge is 0.475 e. The summed E-state index contributed by atoms with van der Waals surface area (Å²) < 4.78 is 15.5. The molecule has 0 aromatic carbocycles. The molecule has 1 unspecified atom stereocenters. The number of carboxylic acid groups (broad SMARTS) is 1. The highest BCUT2D eigenvalue weighted by Crippen LogP contribution is 2.09. The number of hydrogen-bond donors (Lipinski definition) is 2. The fourth-order valence-electron chi connectivity index (χ4n) is 1.10. The Morgan fingerprint density at radius 2 is 2.40 bits per heavy atom. The third kappa shape index (κ3) is 3.85. The summed E-state index contributed by atoms with van der Waals surface area (Å²) in [5.74, 6) is -0.559. The Hall–Kier alpha value is -1.14. The van der Waals surface area contributed by atoms with Crippen LogP contribution in [0.25, 0.3) is 0 Å². The summed E-state index contributed by atoms with van der Waals surface area (Å²) in [6.45, 7) is 1.00. The maximum Gasteiger partial charge on any atom is 0.372 e. The van der Waals surface area contributed by atoms with Gasteiger partial charge in [0.25, 0.3) is 0 Å². The highest BCUT2D eigenvalue weighted by atomic mass is 32.2. The van der Waals surface area contributed by atoms with Crippen LogP contribution < -0.4 is 5.32 Å². The average Bonchev–Trinajstić information content (AvgIpc) is 2.60. The molecule has 0 aliphatic heterocycles. The summed E-state index contributed by atoms with van der Waals surface area (Å²) in [5, 5.41) is 11.7. The van der Waals surface area contributed by atoms with Gasteiger partial charge in [0, 0.05) is 41.5 Å². The molecule has 0 spiro atoms. The quantitative estimate of drug-likeness (QED) is 0.695.